The third-order valence-electron chi connectivity index (χ3n) is 5.62. The molecule has 0 saturated carbocycles. The minimum Gasteiger partial charge on any atom is -0.351 e. The summed E-state index contributed by atoms with van der Waals surface area (Å²) in [7, 11) is 1.89. The molecular weight excluding hydrogens is 302 g/mol. The summed E-state index contributed by atoms with van der Waals surface area (Å²) in [6, 6.07) is 9.85. The minimum atomic E-state index is -0.124. The van der Waals surface area contributed by atoms with Crippen molar-refractivity contribution in [3.05, 3.63) is 35.9 Å². The molecule has 2 heterocycles. The van der Waals surface area contributed by atoms with Crippen molar-refractivity contribution in [1.29, 1.82) is 0 Å². The average Bonchev–Trinajstić information content (AvgIpc) is 2.87. The van der Waals surface area contributed by atoms with Gasteiger partial charge in [0, 0.05) is 26.6 Å². The summed E-state index contributed by atoms with van der Waals surface area (Å²) in [4.78, 5) is 28.4. The van der Waals surface area contributed by atoms with E-state index in [2.05, 4.69) is 10.2 Å². The van der Waals surface area contributed by atoms with Gasteiger partial charge in [0.2, 0.25) is 11.8 Å². The second kappa shape index (κ2) is 6.93. The van der Waals surface area contributed by atoms with Gasteiger partial charge in [-0.25, -0.2) is 0 Å². The predicted molar refractivity (Wildman–Crippen MR) is 93.2 cm³/mol. The Bertz CT molecular complexity index is 594. The monoisotopic (exact) mass is 329 g/mol. The molecular formula is C19H27N3O2. The van der Waals surface area contributed by atoms with E-state index in [1.54, 1.807) is 0 Å². The molecule has 2 aliphatic heterocycles. The zero-order valence-corrected chi connectivity index (χ0v) is 14.6. The van der Waals surface area contributed by atoms with Crippen molar-refractivity contribution in [2.24, 2.45) is 5.41 Å². The quantitative estimate of drug-likeness (QED) is 0.913. The van der Waals surface area contributed by atoms with Gasteiger partial charge in [-0.15, -0.1) is 0 Å². The van der Waals surface area contributed by atoms with Gasteiger partial charge in [-0.3, -0.25) is 14.5 Å². The first-order valence-corrected chi connectivity index (χ1v) is 8.79. The zero-order valence-electron chi connectivity index (χ0n) is 14.6. The Morgan fingerprint density at radius 2 is 1.92 bits per heavy atom. The van der Waals surface area contributed by atoms with E-state index >= 15 is 0 Å². The lowest BCUT2D eigenvalue weighted by molar-refractivity contribution is -0.128. The van der Waals surface area contributed by atoms with Crippen LogP contribution in [-0.4, -0.2) is 54.3 Å². The first kappa shape index (κ1) is 17.0. The third kappa shape index (κ3) is 3.61. The summed E-state index contributed by atoms with van der Waals surface area (Å²) in [5.74, 6) is 0.339. The Balaban J connectivity index is 1.49. The molecule has 2 fully saturated rings. The number of amides is 2. The highest BCUT2D eigenvalue weighted by Gasteiger charge is 2.44. The topological polar surface area (TPSA) is 52.7 Å². The summed E-state index contributed by atoms with van der Waals surface area (Å²) >= 11 is 0. The van der Waals surface area contributed by atoms with Crippen LogP contribution in [0, 0.1) is 5.41 Å². The second-order valence-electron chi connectivity index (χ2n) is 7.34. The van der Waals surface area contributed by atoms with Gasteiger partial charge in [-0.1, -0.05) is 30.3 Å². The van der Waals surface area contributed by atoms with Crippen molar-refractivity contribution in [2.75, 3.05) is 26.7 Å². The molecule has 5 nitrogen and oxygen atoms in total. The molecule has 1 aromatic rings. The number of rotatable bonds is 4. The van der Waals surface area contributed by atoms with Crippen LogP contribution in [0.4, 0.5) is 0 Å². The number of piperidine rings is 1. The summed E-state index contributed by atoms with van der Waals surface area (Å²) < 4.78 is 0. The number of hydrogen-bond acceptors (Lipinski definition) is 3. The molecule has 1 spiro atoms. The fourth-order valence-corrected chi connectivity index (χ4v) is 3.92. The van der Waals surface area contributed by atoms with Gasteiger partial charge >= 0.3 is 0 Å². The van der Waals surface area contributed by atoms with E-state index in [-0.39, 0.29) is 23.3 Å². The summed E-state index contributed by atoms with van der Waals surface area (Å²) in [5, 5.41) is 3.03. The summed E-state index contributed by atoms with van der Waals surface area (Å²) in [6.45, 7) is 5.20. The van der Waals surface area contributed by atoms with E-state index in [0.717, 1.165) is 38.0 Å². The molecule has 0 aromatic heterocycles. The Hall–Kier alpha value is -1.88. The summed E-state index contributed by atoms with van der Waals surface area (Å²) in [6.07, 6.45) is 2.67. The predicted octanol–water partition coefficient (Wildman–Crippen LogP) is 1.64. The van der Waals surface area contributed by atoms with Gasteiger partial charge in [-0.2, -0.15) is 0 Å². The zero-order chi connectivity index (χ0) is 17.2. The highest BCUT2D eigenvalue weighted by molar-refractivity contribution is 5.81. The lowest BCUT2D eigenvalue weighted by Gasteiger charge is -2.40. The lowest BCUT2D eigenvalue weighted by atomic mass is 9.77. The van der Waals surface area contributed by atoms with E-state index in [0.29, 0.717) is 13.0 Å². The largest absolute Gasteiger partial charge is 0.351 e. The van der Waals surface area contributed by atoms with Crippen LogP contribution in [0.2, 0.25) is 0 Å². The van der Waals surface area contributed by atoms with Crippen LogP contribution in [0.5, 0.6) is 0 Å². The van der Waals surface area contributed by atoms with Crippen LogP contribution in [0.3, 0.4) is 0 Å². The normalized spacial score (nSPS) is 21.9. The molecule has 5 heteroatoms. The summed E-state index contributed by atoms with van der Waals surface area (Å²) in [5.41, 5.74) is 1.26. The second-order valence-corrected chi connectivity index (χ2v) is 7.34. The molecule has 130 valence electrons. The molecule has 0 unspecified atom stereocenters. The minimum absolute atomic E-state index is 0.0782. The van der Waals surface area contributed by atoms with E-state index in [1.807, 2.05) is 49.2 Å². The van der Waals surface area contributed by atoms with E-state index < -0.39 is 0 Å². The first-order chi connectivity index (χ1) is 11.5. The third-order valence-corrected chi connectivity index (χ3v) is 5.62. The molecule has 1 N–H and O–H groups in total. The number of hydrogen-bond donors (Lipinski definition) is 1. The van der Waals surface area contributed by atoms with E-state index in [9.17, 15) is 9.59 Å². The number of benzene rings is 1. The molecule has 2 aliphatic rings. The molecule has 1 atom stereocenters. The van der Waals surface area contributed by atoms with Crippen LogP contribution in [-0.2, 0) is 16.1 Å². The number of nitrogens with zero attached hydrogens (tertiary/aromatic N) is 2. The number of carbonyl (C=O) groups is 2. The lowest BCUT2D eigenvalue weighted by Crippen LogP contribution is -2.50. The highest BCUT2D eigenvalue weighted by atomic mass is 16.2. The first-order valence-electron chi connectivity index (χ1n) is 8.79. The molecule has 3 rings (SSSR count). The van der Waals surface area contributed by atoms with Crippen LogP contribution >= 0.6 is 0 Å². The van der Waals surface area contributed by atoms with Gasteiger partial charge < -0.3 is 10.2 Å². The van der Waals surface area contributed by atoms with Gasteiger partial charge in [0.15, 0.2) is 0 Å². The Morgan fingerprint density at radius 1 is 1.25 bits per heavy atom. The van der Waals surface area contributed by atoms with Gasteiger partial charge in [0.25, 0.3) is 0 Å². The standard InChI is InChI=1S/C19H27N3O2/c1-15(18(24)20-13-16-6-4-3-5-7-16)22-10-8-19(9-11-22)12-17(23)21(2)14-19/h3-7,15H,8-14H2,1-2H3,(H,20,24)/t15-/m1/s1. The molecule has 2 saturated heterocycles. The fraction of sp³-hybridized carbons (Fsp3) is 0.579. The Kier molecular flexibility index (Phi) is 4.90. The maximum atomic E-state index is 12.4. The number of carbonyl (C=O) groups excluding carboxylic acids is 2. The smallest absolute Gasteiger partial charge is 0.237 e. The van der Waals surface area contributed by atoms with E-state index in [4.69, 9.17) is 0 Å². The molecule has 0 radical (unpaired) electrons. The Labute approximate surface area is 144 Å². The van der Waals surface area contributed by atoms with Crippen molar-refractivity contribution >= 4 is 11.8 Å². The maximum Gasteiger partial charge on any atom is 0.237 e. The molecule has 0 bridgehead atoms. The van der Waals surface area contributed by atoms with Crippen molar-refractivity contribution in [3.8, 4) is 0 Å². The molecule has 2 amide bonds. The Morgan fingerprint density at radius 3 is 2.50 bits per heavy atom. The van der Waals surface area contributed by atoms with Gasteiger partial charge in [-0.05, 0) is 43.8 Å². The van der Waals surface area contributed by atoms with Gasteiger partial charge in [0.05, 0.1) is 6.04 Å². The molecule has 24 heavy (non-hydrogen) atoms. The van der Waals surface area contributed by atoms with Crippen molar-refractivity contribution in [3.63, 3.8) is 0 Å². The highest BCUT2D eigenvalue weighted by Crippen LogP contribution is 2.40. The maximum absolute atomic E-state index is 12.4. The van der Waals surface area contributed by atoms with Crippen molar-refractivity contribution in [2.45, 2.75) is 38.8 Å². The van der Waals surface area contributed by atoms with Gasteiger partial charge in [0.1, 0.15) is 0 Å². The van der Waals surface area contributed by atoms with Crippen LogP contribution in [0.15, 0.2) is 30.3 Å². The van der Waals surface area contributed by atoms with E-state index in [1.165, 1.54) is 0 Å². The molecule has 1 aromatic carbocycles. The van der Waals surface area contributed by atoms with Crippen LogP contribution in [0.1, 0.15) is 31.7 Å². The van der Waals surface area contributed by atoms with Crippen LogP contribution in [0.25, 0.3) is 0 Å². The van der Waals surface area contributed by atoms with Crippen molar-refractivity contribution in [1.82, 2.24) is 15.1 Å². The SMILES string of the molecule is C[C@H](C(=O)NCc1ccccc1)N1CCC2(CC1)CC(=O)N(C)C2. The van der Waals surface area contributed by atoms with Crippen LogP contribution < -0.4 is 5.32 Å². The number of likely N-dealkylation sites (tertiary alicyclic amines) is 2. The fourth-order valence-electron chi connectivity index (χ4n) is 3.92. The average molecular weight is 329 g/mol. The molecule has 0 aliphatic carbocycles. The number of nitrogens with one attached hydrogen (secondary N) is 1. The van der Waals surface area contributed by atoms with Crippen molar-refractivity contribution < 1.29 is 9.59 Å².